The average molecular weight is 443 g/mol. The van der Waals surface area contributed by atoms with Gasteiger partial charge >= 0.3 is 0 Å². The highest BCUT2D eigenvalue weighted by molar-refractivity contribution is 7.99. The van der Waals surface area contributed by atoms with Crippen LogP contribution in [-0.2, 0) is 0 Å². The van der Waals surface area contributed by atoms with Crippen LogP contribution in [0.5, 0.6) is 0 Å². The molecule has 1 aromatic carbocycles. The maximum Gasteiger partial charge on any atom is 0.145 e. The SMILES string of the molecule is CC(Sc1cc(-c2cnn(C(C)C)c2)cnc1N)c1c(Cl)c(F)cc(F)c1Cl. The van der Waals surface area contributed by atoms with Crippen LogP contribution in [0.2, 0.25) is 10.0 Å². The van der Waals surface area contributed by atoms with Gasteiger partial charge < -0.3 is 5.73 Å². The Hall–Kier alpha value is -1.83. The number of anilines is 1. The van der Waals surface area contributed by atoms with E-state index in [0.29, 0.717) is 16.8 Å². The summed E-state index contributed by atoms with van der Waals surface area (Å²) in [6.07, 6.45) is 5.33. The summed E-state index contributed by atoms with van der Waals surface area (Å²) < 4.78 is 29.6. The van der Waals surface area contributed by atoms with Crippen LogP contribution < -0.4 is 5.73 Å². The summed E-state index contributed by atoms with van der Waals surface area (Å²) in [5.41, 5.74) is 7.92. The van der Waals surface area contributed by atoms with Crippen LogP contribution in [0, 0.1) is 11.6 Å². The quantitative estimate of drug-likeness (QED) is 0.359. The third-order valence-corrected chi connectivity index (χ3v) is 6.14. The number of hydrogen-bond donors (Lipinski definition) is 1. The molecule has 0 aliphatic carbocycles. The van der Waals surface area contributed by atoms with Crippen molar-refractivity contribution in [1.29, 1.82) is 0 Å². The van der Waals surface area contributed by atoms with Crippen LogP contribution in [0.1, 0.15) is 37.6 Å². The number of nitrogens with zero attached hydrogens (tertiary/aromatic N) is 3. The molecule has 3 rings (SSSR count). The molecule has 0 saturated carbocycles. The zero-order valence-electron chi connectivity index (χ0n) is 15.4. The molecule has 3 aromatic rings. The predicted octanol–water partition coefficient (Wildman–Crippen LogP) is 6.55. The minimum absolute atomic E-state index is 0.184. The second kappa shape index (κ2) is 8.27. The smallest absolute Gasteiger partial charge is 0.145 e. The Balaban J connectivity index is 1.94. The molecule has 0 aliphatic heterocycles. The lowest BCUT2D eigenvalue weighted by molar-refractivity contribution is 0.532. The summed E-state index contributed by atoms with van der Waals surface area (Å²) in [7, 11) is 0. The summed E-state index contributed by atoms with van der Waals surface area (Å²) in [5, 5.41) is 3.47. The summed E-state index contributed by atoms with van der Waals surface area (Å²) in [6, 6.07) is 2.77. The molecule has 2 N–H and O–H groups in total. The molecule has 9 heteroatoms. The molecule has 0 spiro atoms. The van der Waals surface area contributed by atoms with Gasteiger partial charge in [0.2, 0.25) is 0 Å². The van der Waals surface area contributed by atoms with Crippen molar-refractivity contribution in [1.82, 2.24) is 14.8 Å². The van der Waals surface area contributed by atoms with Gasteiger partial charge in [0.25, 0.3) is 0 Å². The Morgan fingerprint density at radius 3 is 2.25 bits per heavy atom. The van der Waals surface area contributed by atoms with E-state index in [1.54, 1.807) is 19.3 Å². The zero-order chi connectivity index (χ0) is 20.6. The van der Waals surface area contributed by atoms with Crippen LogP contribution in [0.25, 0.3) is 11.1 Å². The van der Waals surface area contributed by atoms with Crippen molar-refractivity contribution in [3.8, 4) is 11.1 Å². The van der Waals surface area contributed by atoms with Crippen molar-refractivity contribution >= 4 is 40.8 Å². The molecule has 0 bridgehead atoms. The maximum atomic E-state index is 13.9. The summed E-state index contributed by atoms with van der Waals surface area (Å²) in [5.74, 6) is -1.40. The van der Waals surface area contributed by atoms with E-state index in [9.17, 15) is 8.78 Å². The van der Waals surface area contributed by atoms with Gasteiger partial charge in [0.05, 0.1) is 21.1 Å². The summed E-state index contributed by atoms with van der Waals surface area (Å²) in [4.78, 5) is 4.89. The number of thioether (sulfide) groups is 1. The largest absolute Gasteiger partial charge is 0.383 e. The van der Waals surface area contributed by atoms with Crippen molar-refractivity contribution in [2.75, 3.05) is 5.73 Å². The normalized spacial score (nSPS) is 12.6. The highest BCUT2D eigenvalue weighted by Crippen LogP contribution is 2.45. The third-order valence-electron chi connectivity index (χ3n) is 4.20. The van der Waals surface area contributed by atoms with E-state index in [0.717, 1.165) is 11.1 Å². The molecule has 2 aromatic heterocycles. The van der Waals surface area contributed by atoms with Gasteiger partial charge in [0, 0.05) is 46.4 Å². The molecule has 28 heavy (non-hydrogen) atoms. The Morgan fingerprint density at radius 2 is 1.68 bits per heavy atom. The van der Waals surface area contributed by atoms with Crippen molar-refractivity contribution in [3.05, 3.63) is 58.0 Å². The van der Waals surface area contributed by atoms with Crippen molar-refractivity contribution in [2.24, 2.45) is 0 Å². The van der Waals surface area contributed by atoms with Gasteiger partial charge in [-0.05, 0) is 26.8 Å². The van der Waals surface area contributed by atoms with Gasteiger partial charge in [0.1, 0.15) is 17.5 Å². The second-order valence-electron chi connectivity index (χ2n) is 6.55. The first-order valence-electron chi connectivity index (χ1n) is 8.48. The minimum Gasteiger partial charge on any atom is -0.383 e. The molecule has 1 unspecified atom stereocenters. The Morgan fingerprint density at radius 1 is 1.04 bits per heavy atom. The van der Waals surface area contributed by atoms with Gasteiger partial charge in [-0.1, -0.05) is 23.2 Å². The Labute approximate surface area is 176 Å². The predicted molar refractivity (Wildman–Crippen MR) is 111 cm³/mol. The van der Waals surface area contributed by atoms with Gasteiger partial charge in [-0.2, -0.15) is 5.10 Å². The fraction of sp³-hybridized carbons (Fsp3) is 0.263. The fourth-order valence-corrected chi connectivity index (χ4v) is 4.58. The molecule has 4 nitrogen and oxygen atoms in total. The van der Waals surface area contributed by atoms with Crippen molar-refractivity contribution in [3.63, 3.8) is 0 Å². The van der Waals surface area contributed by atoms with E-state index in [1.165, 1.54) is 11.8 Å². The topological polar surface area (TPSA) is 56.7 Å². The number of aromatic nitrogens is 3. The first kappa shape index (κ1) is 20.9. The minimum atomic E-state index is -0.855. The van der Waals surface area contributed by atoms with Gasteiger partial charge in [-0.25, -0.2) is 13.8 Å². The molecule has 0 aliphatic rings. The molecule has 1 atom stereocenters. The highest BCUT2D eigenvalue weighted by atomic mass is 35.5. The van der Waals surface area contributed by atoms with Crippen LogP contribution in [0.3, 0.4) is 0 Å². The average Bonchev–Trinajstić information content (AvgIpc) is 3.12. The van der Waals surface area contributed by atoms with Gasteiger partial charge in [-0.3, -0.25) is 4.68 Å². The zero-order valence-corrected chi connectivity index (χ0v) is 17.7. The molecule has 0 saturated heterocycles. The number of halogens is 4. The standard InChI is InChI=1S/C19H18Cl2F2N4S/c1-9(2)27-8-12(7-26-27)11-4-15(19(24)25-6-11)28-10(3)16-17(20)13(22)5-14(23)18(16)21/h4-10H,1-3H3,(H2,24,25). The van der Waals surface area contributed by atoms with E-state index in [-0.39, 0.29) is 21.7 Å². The number of nitrogen functional groups attached to an aromatic ring is 1. The molecule has 2 heterocycles. The first-order chi connectivity index (χ1) is 13.2. The molecular weight excluding hydrogens is 425 g/mol. The lowest BCUT2D eigenvalue weighted by atomic mass is 10.1. The molecule has 0 amide bonds. The van der Waals surface area contributed by atoms with E-state index in [2.05, 4.69) is 10.1 Å². The number of rotatable bonds is 5. The number of hydrogen-bond acceptors (Lipinski definition) is 4. The first-order valence-corrected chi connectivity index (χ1v) is 10.1. The number of benzene rings is 1. The van der Waals surface area contributed by atoms with E-state index in [1.807, 2.05) is 30.8 Å². The fourth-order valence-electron chi connectivity index (χ4n) is 2.67. The second-order valence-corrected chi connectivity index (χ2v) is 8.69. The lowest BCUT2D eigenvalue weighted by Crippen LogP contribution is -2.00. The number of pyridine rings is 1. The van der Waals surface area contributed by atoms with Crippen LogP contribution in [0.15, 0.2) is 35.6 Å². The lowest BCUT2D eigenvalue weighted by Gasteiger charge is -2.17. The maximum absolute atomic E-state index is 13.9. The van der Waals surface area contributed by atoms with Crippen LogP contribution >= 0.6 is 35.0 Å². The highest BCUT2D eigenvalue weighted by Gasteiger charge is 2.22. The van der Waals surface area contributed by atoms with Crippen LogP contribution in [0.4, 0.5) is 14.6 Å². The molecular formula is C19H18Cl2F2N4S. The molecule has 0 radical (unpaired) electrons. The van der Waals surface area contributed by atoms with Crippen LogP contribution in [-0.4, -0.2) is 14.8 Å². The number of nitrogens with two attached hydrogens (primary N) is 1. The van der Waals surface area contributed by atoms with Gasteiger partial charge in [-0.15, -0.1) is 11.8 Å². The Kier molecular flexibility index (Phi) is 6.17. The molecule has 0 fully saturated rings. The van der Waals surface area contributed by atoms with Gasteiger partial charge in [0.15, 0.2) is 0 Å². The Bertz CT molecular complexity index is 997. The summed E-state index contributed by atoms with van der Waals surface area (Å²) in [6.45, 7) is 5.82. The third kappa shape index (κ3) is 4.11. The monoisotopic (exact) mass is 442 g/mol. The van der Waals surface area contributed by atoms with E-state index < -0.39 is 16.9 Å². The summed E-state index contributed by atoms with van der Waals surface area (Å²) >= 11 is 13.3. The van der Waals surface area contributed by atoms with Crippen molar-refractivity contribution < 1.29 is 8.78 Å². The van der Waals surface area contributed by atoms with Crippen molar-refractivity contribution in [2.45, 2.75) is 37.0 Å². The van der Waals surface area contributed by atoms with E-state index in [4.69, 9.17) is 28.9 Å². The molecule has 148 valence electrons. The van der Waals surface area contributed by atoms with E-state index >= 15 is 0 Å².